The summed E-state index contributed by atoms with van der Waals surface area (Å²) in [6, 6.07) is 8.55. The number of hydrogen-bond acceptors (Lipinski definition) is 5. The van der Waals surface area contributed by atoms with Crippen LogP contribution in [0.1, 0.15) is 67.0 Å². The van der Waals surface area contributed by atoms with E-state index in [1.165, 1.54) is 4.90 Å². The molecule has 2 aliphatic rings. The highest BCUT2D eigenvalue weighted by atomic mass is 28.4. The van der Waals surface area contributed by atoms with E-state index in [2.05, 4.69) is 46.9 Å². The molecule has 0 unspecified atom stereocenters. The van der Waals surface area contributed by atoms with Crippen molar-refractivity contribution in [2.45, 2.75) is 103 Å². The average Bonchev–Trinajstić information content (AvgIpc) is 3.12. The second-order valence-corrected chi connectivity index (χ2v) is 15.7. The minimum atomic E-state index is -2.14. The minimum absolute atomic E-state index is 0.216. The summed E-state index contributed by atoms with van der Waals surface area (Å²) in [6.07, 6.45) is -1.86. The van der Waals surface area contributed by atoms with Crippen molar-refractivity contribution in [3.63, 3.8) is 0 Å². The number of carbonyl (C=O) groups excluding carboxylic acids is 2. The van der Waals surface area contributed by atoms with Crippen molar-refractivity contribution in [2.24, 2.45) is 0 Å². The molecule has 0 aromatic heterocycles. The molecule has 8 heteroatoms. The Morgan fingerprint density at radius 2 is 1.58 bits per heavy atom. The fraction of sp³-hybridized carbons (Fsp3) is 0.680. The molecule has 0 bridgehead atoms. The maximum Gasteiger partial charge on any atom is 0.411 e. The van der Waals surface area contributed by atoms with Crippen LogP contribution in [0.4, 0.5) is 4.79 Å². The van der Waals surface area contributed by atoms with Crippen molar-refractivity contribution < 1.29 is 23.5 Å². The van der Waals surface area contributed by atoms with Crippen molar-refractivity contribution in [1.29, 1.82) is 0 Å². The largest absolute Gasteiger partial charge is 0.447 e. The van der Waals surface area contributed by atoms with Gasteiger partial charge in [-0.1, -0.05) is 71.9 Å². The van der Waals surface area contributed by atoms with Crippen LogP contribution in [0.2, 0.25) is 16.6 Å². The topological polar surface area (TPSA) is 77.1 Å². The average molecular weight is 477 g/mol. The predicted molar refractivity (Wildman–Crippen MR) is 130 cm³/mol. The molecule has 1 aromatic rings. The smallest absolute Gasteiger partial charge is 0.411 e. The SMILES string of the molecule is CC(C)[Si](O[C@@H](C)[C@@H]1NC(=O)[C@H](N2C(=O)OC[C@@H]2c2ccccc2)[C@H](C)O1)(C(C)C)C(C)C. The van der Waals surface area contributed by atoms with E-state index in [1.807, 2.05) is 44.2 Å². The van der Waals surface area contributed by atoms with E-state index in [-0.39, 0.29) is 24.7 Å². The lowest BCUT2D eigenvalue weighted by Crippen LogP contribution is -2.65. The molecule has 2 saturated heterocycles. The molecule has 33 heavy (non-hydrogen) atoms. The fourth-order valence-electron chi connectivity index (χ4n) is 5.82. The highest BCUT2D eigenvalue weighted by Gasteiger charge is 2.51. The van der Waals surface area contributed by atoms with Gasteiger partial charge in [-0.3, -0.25) is 9.69 Å². The Bertz CT molecular complexity index is 810. The number of hydrogen-bond donors (Lipinski definition) is 1. The van der Waals surface area contributed by atoms with Crippen molar-refractivity contribution in [3.8, 4) is 0 Å². The Kier molecular flexibility index (Phi) is 7.91. The van der Waals surface area contributed by atoms with Gasteiger partial charge < -0.3 is 19.2 Å². The van der Waals surface area contributed by atoms with Crippen molar-refractivity contribution >= 4 is 20.3 Å². The number of rotatable bonds is 8. The minimum Gasteiger partial charge on any atom is -0.447 e. The zero-order chi connectivity index (χ0) is 24.5. The zero-order valence-electron chi connectivity index (χ0n) is 21.2. The molecular weight excluding hydrogens is 436 g/mol. The molecule has 1 N–H and O–H groups in total. The van der Waals surface area contributed by atoms with Gasteiger partial charge in [-0.25, -0.2) is 4.79 Å². The van der Waals surface area contributed by atoms with Crippen LogP contribution in [-0.2, 0) is 18.7 Å². The molecule has 0 aliphatic carbocycles. The van der Waals surface area contributed by atoms with Crippen LogP contribution in [0.25, 0.3) is 0 Å². The van der Waals surface area contributed by atoms with E-state index in [0.29, 0.717) is 16.6 Å². The zero-order valence-corrected chi connectivity index (χ0v) is 22.2. The molecule has 0 saturated carbocycles. The molecule has 0 spiro atoms. The normalized spacial score (nSPS) is 27.3. The second-order valence-electron chi connectivity index (χ2n) is 10.3. The quantitative estimate of drug-likeness (QED) is 0.535. The number of cyclic esters (lactones) is 1. The van der Waals surface area contributed by atoms with Gasteiger partial charge in [-0.15, -0.1) is 0 Å². The van der Waals surface area contributed by atoms with Crippen LogP contribution < -0.4 is 5.32 Å². The molecule has 7 nitrogen and oxygen atoms in total. The molecular formula is C25H40N2O5Si. The first-order valence-corrected chi connectivity index (χ1v) is 14.3. The second kappa shape index (κ2) is 10.2. The first-order valence-electron chi connectivity index (χ1n) is 12.1. The monoisotopic (exact) mass is 476 g/mol. The molecule has 184 valence electrons. The Balaban J connectivity index is 1.78. The Labute approximate surface area is 199 Å². The summed E-state index contributed by atoms with van der Waals surface area (Å²) >= 11 is 0. The number of carbonyl (C=O) groups is 2. The summed E-state index contributed by atoms with van der Waals surface area (Å²) in [4.78, 5) is 27.5. The molecule has 1 aromatic carbocycles. The highest BCUT2D eigenvalue weighted by molar-refractivity contribution is 6.77. The van der Waals surface area contributed by atoms with Crippen LogP contribution >= 0.6 is 0 Å². The molecule has 0 radical (unpaired) electrons. The number of benzene rings is 1. The maximum atomic E-state index is 13.3. The van der Waals surface area contributed by atoms with Crippen LogP contribution in [0, 0.1) is 0 Å². The van der Waals surface area contributed by atoms with Crippen LogP contribution in [0.15, 0.2) is 30.3 Å². The summed E-state index contributed by atoms with van der Waals surface area (Å²) < 4.78 is 18.4. The maximum absolute atomic E-state index is 13.3. The van der Waals surface area contributed by atoms with Gasteiger partial charge in [0.2, 0.25) is 14.2 Å². The lowest BCUT2D eigenvalue weighted by atomic mass is 10.0. The standard InChI is InChI=1S/C25H40N2O5Si/c1-15(2)33(16(3)4,17(5)6)32-19(8)24-26-23(28)22(18(7)31-24)27-21(14-30-25(27)29)20-12-10-9-11-13-20/h9-13,15-19,21-22,24H,14H2,1-8H3,(H,26,28)/t18-,19-,21+,22+,24+/m0/s1. The van der Waals surface area contributed by atoms with Gasteiger partial charge in [-0.2, -0.15) is 0 Å². The Morgan fingerprint density at radius 3 is 2.09 bits per heavy atom. The van der Waals surface area contributed by atoms with Crippen molar-refractivity contribution in [3.05, 3.63) is 35.9 Å². The number of nitrogens with one attached hydrogen (secondary N) is 1. The molecule has 2 fully saturated rings. The third-order valence-electron chi connectivity index (χ3n) is 7.28. The van der Waals surface area contributed by atoms with E-state index in [4.69, 9.17) is 13.9 Å². The lowest BCUT2D eigenvalue weighted by molar-refractivity contribution is -0.164. The third kappa shape index (κ3) is 4.84. The predicted octanol–water partition coefficient (Wildman–Crippen LogP) is 4.99. The van der Waals surface area contributed by atoms with E-state index in [1.54, 1.807) is 0 Å². The van der Waals surface area contributed by atoms with Crippen LogP contribution in [0.3, 0.4) is 0 Å². The first-order chi connectivity index (χ1) is 15.5. The van der Waals surface area contributed by atoms with Gasteiger partial charge in [0.15, 0.2) is 6.23 Å². The summed E-state index contributed by atoms with van der Waals surface area (Å²) in [7, 11) is -2.14. The van der Waals surface area contributed by atoms with Crippen LogP contribution in [0.5, 0.6) is 0 Å². The van der Waals surface area contributed by atoms with E-state index < -0.39 is 32.8 Å². The molecule has 2 amide bonds. The molecule has 2 aliphatic heterocycles. The third-order valence-corrected chi connectivity index (χ3v) is 13.5. The van der Waals surface area contributed by atoms with Crippen molar-refractivity contribution in [1.82, 2.24) is 10.2 Å². The fourth-order valence-corrected chi connectivity index (χ4v) is 11.4. The summed E-state index contributed by atoms with van der Waals surface area (Å²) in [5.41, 5.74) is 2.21. The van der Waals surface area contributed by atoms with Gasteiger partial charge >= 0.3 is 6.09 Å². The van der Waals surface area contributed by atoms with Gasteiger partial charge in [0.05, 0.1) is 18.2 Å². The van der Waals surface area contributed by atoms with E-state index in [0.717, 1.165) is 5.56 Å². The van der Waals surface area contributed by atoms with Gasteiger partial charge in [0, 0.05) is 0 Å². The summed E-state index contributed by atoms with van der Waals surface area (Å²) in [6.45, 7) is 17.5. The molecule has 3 rings (SSSR count). The summed E-state index contributed by atoms with van der Waals surface area (Å²) in [5.74, 6) is -0.236. The highest BCUT2D eigenvalue weighted by Crippen LogP contribution is 2.43. The van der Waals surface area contributed by atoms with Gasteiger partial charge in [0.1, 0.15) is 12.6 Å². The Morgan fingerprint density at radius 1 is 1.00 bits per heavy atom. The lowest BCUT2D eigenvalue weighted by Gasteiger charge is -2.47. The summed E-state index contributed by atoms with van der Waals surface area (Å²) in [5, 5.41) is 2.99. The van der Waals surface area contributed by atoms with Crippen molar-refractivity contribution in [2.75, 3.05) is 6.61 Å². The Hall–Kier alpha value is -1.90. The van der Waals surface area contributed by atoms with E-state index in [9.17, 15) is 9.59 Å². The first kappa shape index (κ1) is 25.7. The van der Waals surface area contributed by atoms with Gasteiger partial charge in [0.25, 0.3) is 0 Å². The van der Waals surface area contributed by atoms with E-state index >= 15 is 0 Å². The van der Waals surface area contributed by atoms with Gasteiger partial charge in [-0.05, 0) is 36.0 Å². The number of amides is 2. The number of ether oxygens (including phenoxy) is 2. The molecule has 5 atom stereocenters. The molecule has 2 heterocycles. The number of nitrogens with zero attached hydrogens (tertiary/aromatic N) is 1. The van der Waals surface area contributed by atoms with Crippen LogP contribution in [-0.4, -0.2) is 56.3 Å².